The van der Waals surface area contributed by atoms with Crippen molar-refractivity contribution >= 4 is 0 Å². The van der Waals surface area contributed by atoms with E-state index in [9.17, 15) is 0 Å². The van der Waals surface area contributed by atoms with Gasteiger partial charge in [0.1, 0.15) is 0 Å². The molecule has 0 saturated carbocycles. The molecule has 4 rings (SSSR count). The van der Waals surface area contributed by atoms with Gasteiger partial charge in [0.05, 0.1) is 0 Å². The van der Waals surface area contributed by atoms with Gasteiger partial charge in [-0.05, 0) is 0 Å². The Bertz CT molecular complexity index is 653. The number of halogens is 2. The third kappa shape index (κ3) is 7.20. The van der Waals surface area contributed by atoms with Crippen LogP contribution >= 0.6 is 0 Å². The summed E-state index contributed by atoms with van der Waals surface area (Å²) in [5.41, 5.74) is 7.27. The predicted octanol–water partition coefficient (Wildman–Crippen LogP) is 3.01. The van der Waals surface area contributed by atoms with Gasteiger partial charge in [-0.1, -0.05) is 0 Å². The van der Waals surface area contributed by atoms with Gasteiger partial charge in [0, 0.05) is 0 Å². The summed E-state index contributed by atoms with van der Waals surface area (Å²) >= 11 is -0.621. The van der Waals surface area contributed by atoms with E-state index in [2.05, 4.69) is 26.0 Å². The third-order valence-corrected chi connectivity index (χ3v) is 12.3. The summed E-state index contributed by atoms with van der Waals surface area (Å²) in [6, 6.07) is 0. The van der Waals surface area contributed by atoms with Crippen LogP contribution < -0.4 is 24.8 Å². The molecule has 0 heterocycles. The molecule has 0 nitrogen and oxygen atoms in total. The molecule has 0 bridgehead atoms. The van der Waals surface area contributed by atoms with Crippen LogP contribution in [0.2, 0.25) is 0 Å². The summed E-state index contributed by atoms with van der Waals surface area (Å²) in [7, 11) is 0. The predicted molar refractivity (Wildman–Crippen MR) is 122 cm³/mol. The van der Waals surface area contributed by atoms with E-state index >= 15 is 0 Å². The van der Waals surface area contributed by atoms with Gasteiger partial charge in [0.25, 0.3) is 0 Å². The van der Waals surface area contributed by atoms with Gasteiger partial charge >= 0.3 is 193 Å². The Kier molecular flexibility index (Phi) is 12.5. The minimum Gasteiger partial charge on any atom is -1.00 e. The molecule has 0 N–H and O–H groups in total. The molecule has 0 aromatic carbocycles. The molecule has 2 unspecified atom stereocenters. The van der Waals surface area contributed by atoms with Crippen molar-refractivity contribution in [2.24, 2.45) is 11.8 Å². The largest absolute Gasteiger partial charge is 1.00 e. The van der Waals surface area contributed by atoms with Gasteiger partial charge in [-0.3, -0.25) is 0 Å². The first-order valence-electron chi connectivity index (χ1n) is 12.9. The summed E-state index contributed by atoms with van der Waals surface area (Å²) in [5.74, 6) is 1.55. The second kappa shape index (κ2) is 14.0. The maximum atomic E-state index is 2.73. The van der Waals surface area contributed by atoms with Crippen LogP contribution in [0.25, 0.3) is 0 Å². The molecule has 4 aliphatic rings. The molecule has 0 aliphatic heterocycles. The van der Waals surface area contributed by atoms with Crippen LogP contribution in [0.4, 0.5) is 0 Å². The van der Waals surface area contributed by atoms with Gasteiger partial charge in [0.2, 0.25) is 0 Å². The van der Waals surface area contributed by atoms with Gasteiger partial charge in [-0.15, -0.1) is 0 Å². The zero-order valence-corrected chi connectivity index (χ0v) is 23.8. The Labute approximate surface area is 216 Å². The normalized spacial score (nSPS) is 27.7. The molecular formula is C28H42Cl2Zr. The Morgan fingerprint density at radius 3 is 1.23 bits per heavy atom. The molecule has 2 atom stereocenters. The standard InChI is InChI=1S/2C14H21.2ClH.Zr/c2*1-12-10-11-13-8-6-4-2-3-5-7-9-14(12)13;;;/h2*11-12H,2-9H2,1H3;2*1H;/q;;;;+2/p-2. The average Bonchev–Trinajstić information content (AvgIpc) is 3.19. The Morgan fingerprint density at radius 2 is 0.839 bits per heavy atom. The number of hydrogen-bond donors (Lipinski definition) is 0. The summed E-state index contributed by atoms with van der Waals surface area (Å²) in [6.07, 6.45) is 28.4. The Balaban J connectivity index is 0.00000171. The SMILES string of the molecule is CC1[C]([Zr+2][C]2=CC3=C(CCCCCCCC3)C2C)=CC2=C1CCCCCCCC2.[Cl-].[Cl-]. The maximum absolute atomic E-state index is 2.73. The van der Waals surface area contributed by atoms with Crippen LogP contribution in [0, 0.1) is 11.8 Å². The van der Waals surface area contributed by atoms with Gasteiger partial charge in [0.15, 0.2) is 0 Å². The van der Waals surface area contributed by atoms with E-state index in [0.29, 0.717) is 0 Å². The Hall–Kier alpha value is 0.423. The molecule has 0 aromatic heterocycles. The molecule has 31 heavy (non-hydrogen) atoms. The van der Waals surface area contributed by atoms with E-state index in [4.69, 9.17) is 0 Å². The molecule has 0 saturated heterocycles. The molecule has 0 fully saturated rings. The van der Waals surface area contributed by atoms with Crippen molar-refractivity contribution in [3.63, 3.8) is 0 Å². The monoisotopic (exact) mass is 538 g/mol. The molecule has 0 aromatic rings. The summed E-state index contributed by atoms with van der Waals surface area (Å²) in [6.45, 7) is 5.11. The second-order valence-corrected chi connectivity index (χ2v) is 13.6. The van der Waals surface area contributed by atoms with Crippen molar-refractivity contribution in [2.75, 3.05) is 0 Å². The first-order valence-corrected chi connectivity index (χ1v) is 15.3. The van der Waals surface area contributed by atoms with E-state index in [0.717, 1.165) is 11.8 Å². The van der Waals surface area contributed by atoms with Crippen LogP contribution in [0.5, 0.6) is 0 Å². The number of allylic oxidation sites excluding steroid dienone is 8. The maximum Gasteiger partial charge on any atom is -1.00 e. The van der Waals surface area contributed by atoms with Crippen molar-refractivity contribution in [3.05, 3.63) is 41.0 Å². The van der Waals surface area contributed by atoms with Crippen molar-refractivity contribution in [1.29, 1.82) is 0 Å². The molecule has 3 heteroatoms. The molecular weight excluding hydrogens is 498 g/mol. The van der Waals surface area contributed by atoms with E-state index < -0.39 is 23.2 Å². The van der Waals surface area contributed by atoms with E-state index in [1.54, 1.807) is 11.1 Å². The fourth-order valence-electron chi connectivity index (χ4n) is 6.09. The van der Waals surface area contributed by atoms with Crippen molar-refractivity contribution < 1.29 is 48.0 Å². The minimum absolute atomic E-state index is 0. The van der Waals surface area contributed by atoms with Crippen molar-refractivity contribution in [3.8, 4) is 0 Å². The number of rotatable bonds is 2. The van der Waals surface area contributed by atoms with Gasteiger partial charge in [-0.25, -0.2) is 0 Å². The summed E-state index contributed by atoms with van der Waals surface area (Å²) < 4.78 is 3.81. The quantitative estimate of drug-likeness (QED) is 0.505. The summed E-state index contributed by atoms with van der Waals surface area (Å²) in [4.78, 5) is 0. The zero-order valence-electron chi connectivity index (χ0n) is 19.9. The molecule has 0 radical (unpaired) electrons. The van der Waals surface area contributed by atoms with Gasteiger partial charge < -0.3 is 24.8 Å². The first-order chi connectivity index (χ1) is 14.2. The number of hydrogen-bond acceptors (Lipinski definition) is 0. The Morgan fingerprint density at radius 1 is 0.516 bits per heavy atom. The molecule has 4 aliphatic carbocycles. The van der Waals surface area contributed by atoms with Gasteiger partial charge in [-0.2, -0.15) is 0 Å². The van der Waals surface area contributed by atoms with Crippen LogP contribution in [-0.2, 0) is 23.2 Å². The zero-order chi connectivity index (χ0) is 20.1. The minimum atomic E-state index is -0.621. The fraction of sp³-hybridized carbons (Fsp3) is 0.714. The van der Waals surface area contributed by atoms with E-state index in [1.807, 2.05) is 17.7 Å². The molecule has 0 spiro atoms. The average molecular weight is 541 g/mol. The van der Waals surface area contributed by atoms with Crippen LogP contribution in [0.3, 0.4) is 0 Å². The van der Waals surface area contributed by atoms with Crippen LogP contribution in [0.15, 0.2) is 41.0 Å². The topological polar surface area (TPSA) is 0 Å². The van der Waals surface area contributed by atoms with E-state index in [-0.39, 0.29) is 24.8 Å². The fourth-order valence-corrected chi connectivity index (χ4v) is 10.0. The third-order valence-electron chi connectivity index (χ3n) is 8.04. The van der Waals surface area contributed by atoms with E-state index in [1.165, 1.54) is 103 Å². The molecule has 172 valence electrons. The van der Waals surface area contributed by atoms with Crippen molar-refractivity contribution in [2.45, 2.75) is 117 Å². The second-order valence-electron chi connectivity index (χ2n) is 10.1. The molecule has 0 amide bonds. The summed E-state index contributed by atoms with van der Waals surface area (Å²) in [5, 5.41) is 0. The van der Waals surface area contributed by atoms with Crippen LogP contribution in [-0.4, -0.2) is 0 Å². The smallest absolute Gasteiger partial charge is 1.00 e. The first kappa shape index (κ1) is 27.7. The van der Waals surface area contributed by atoms with Crippen LogP contribution in [0.1, 0.15) is 117 Å². The van der Waals surface area contributed by atoms with Crippen molar-refractivity contribution in [1.82, 2.24) is 0 Å².